The summed E-state index contributed by atoms with van der Waals surface area (Å²) >= 11 is 0. The van der Waals surface area contributed by atoms with Gasteiger partial charge in [-0.15, -0.1) is 0 Å². The van der Waals surface area contributed by atoms with Crippen molar-refractivity contribution in [3.8, 4) is 11.5 Å². The van der Waals surface area contributed by atoms with E-state index in [-0.39, 0.29) is 12.5 Å². The number of carbonyl (C=O) groups excluding carboxylic acids is 1. The summed E-state index contributed by atoms with van der Waals surface area (Å²) in [5, 5.41) is 2.85. The molecule has 22 heavy (non-hydrogen) atoms. The minimum atomic E-state index is -0.199. The number of hydrogen-bond donors (Lipinski definition) is 1. The second-order valence-electron chi connectivity index (χ2n) is 5.31. The molecule has 0 fully saturated rings. The fourth-order valence-corrected chi connectivity index (χ4v) is 2.18. The number of methoxy groups -OCH3 is 1. The molecule has 0 aliphatic rings. The predicted molar refractivity (Wildman–Crippen MR) is 87.8 cm³/mol. The van der Waals surface area contributed by atoms with E-state index in [0.29, 0.717) is 11.5 Å². The number of hydrogen-bond acceptors (Lipinski definition) is 3. The number of ether oxygens (including phenoxy) is 2. The molecule has 0 bridgehead atoms. The van der Waals surface area contributed by atoms with Crippen molar-refractivity contribution in [2.24, 2.45) is 0 Å². The van der Waals surface area contributed by atoms with Gasteiger partial charge in [0.15, 0.2) is 18.1 Å². The Bertz CT molecular complexity index is 680. The third kappa shape index (κ3) is 4.01. The first-order valence-electron chi connectivity index (χ1n) is 7.14. The van der Waals surface area contributed by atoms with Crippen LogP contribution in [-0.2, 0) is 4.79 Å². The molecule has 116 valence electrons. The Kier molecular flexibility index (Phi) is 5.04. The van der Waals surface area contributed by atoms with Gasteiger partial charge in [-0.05, 0) is 50.1 Å². The lowest BCUT2D eigenvalue weighted by Crippen LogP contribution is -2.20. The highest BCUT2D eigenvalue weighted by atomic mass is 16.5. The lowest BCUT2D eigenvalue weighted by atomic mass is 10.1. The van der Waals surface area contributed by atoms with Crippen LogP contribution in [0.3, 0.4) is 0 Å². The second-order valence-corrected chi connectivity index (χ2v) is 5.31. The van der Waals surface area contributed by atoms with E-state index in [0.717, 1.165) is 22.4 Å². The molecule has 0 aromatic heterocycles. The molecule has 2 aromatic rings. The average molecular weight is 299 g/mol. The first kappa shape index (κ1) is 15.9. The van der Waals surface area contributed by atoms with Gasteiger partial charge in [-0.2, -0.15) is 0 Å². The number of rotatable bonds is 5. The number of aryl methyl sites for hydroxylation is 3. The van der Waals surface area contributed by atoms with Gasteiger partial charge in [0.2, 0.25) is 0 Å². The summed E-state index contributed by atoms with van der Waals surface area (Å²) < 4.78 is 10.8. The number of anilines is 1. The normalized spacial score (nSPS) is 10.2. The highest BCUT2D eigenvalue weighted by Crippen LogP contribution is 2.27. The average Bonchev–Trinajstić information content (AvgIpc) is 2.48. The van der Waals surface area contributed by atoms with E-state index in [4.69, 9.17) is 9.47 Å². The molecule has 4 nitrogen and oxygen atoms in total. The van der Waals surface area contributed by atoms with Crippen LogP contribution in [0.25, 0.3) is 0 Å². The number of benzene rings is 2. The summed E-state index contributed by atoms with van der Waals surface area (Å²) in [6, 6.07) is 11.5. The summed E-state index contributed by atoms with van der Waals surface area (Å²) in [6.45, 7) is 5.89. The Morgan fingerprint density at radius 1 is 1.00 bits per heavy atom. The standard InChI is InChI=1S/C18H21NO3/c1-12-5-7-15(14(3)9-12)19-18(20)11-22-16-8-6-13(2)10-17(16)21-4/h5-10H,11H2,1-4H3,(H,19,20). The van der Waals surface area contributed by atoms with Gasteiger partial charge in [-0.1, -0.05) is 23.8 Å². The molecule has 0 spiro atoms. The largest absolute Gasteiger partial charge is 0.493 e. The third-order valence-corrected chi connectivity index (χ3v) is 3.33. The molecule has 4 heteroatoms. The zero-order valence-electron chi connectivity index (χ0n) is 13.4. The van der Waals surface area contributed by atoms with Gasteiger partial charge in [0.25, 0.3) is 5.91 Å². The van der Waals surface area contributed by atoms with Crippen molar-refractivity contribution < 1.29 is 14.3 Å². The Labute approximate surface area is 131 Å². The van der Waals surface area contributed by atoms with Crippen molar-refractivity contribution in [2.75, 3.05) is 19.0 Å². The van der Waals surface area contributed by atoms with Crippen LogP contribution in [0.2, 0.25) is 0 Å². The van der Waals surface area contributed by atoms with Crippen molar-refractivity contribution in [2.45, 2.75) is 20.8 Å². The van der Waals surface area contributed by atoms with Gasteiger partial charge in [0, 0.05) is 5.69 Å². The quantitative estimate of drug-likeness (QED) is 0.917. The molecule has 1 amide bonds. The smallest absolute Gasteiger partial charge is 0.262 e. The number of nitrogens with one attached hydrogen (secondary N) is 1. The lowest BCUT2D eigenvalue weighted by molar-refractivity contribution is -0.118. The maximum Gasteiger partial charge on any atom is 0.262 e. The van der Waals surface area contributed by atoms with E-state index in [1.807, 2.05) is 51.1 Å². The Hall–Kier alpha value is -2.49. The van der Waals surface area contributed by atoms with Crippen molar-refractivity contribution in [3.63, 3.8) is 0 Å². The van der Waals surface area contributed by atoms with Crippen molar-refractivity contribution in [1.82, 2.24) is 0 Å². The van der Waals surface area contributed by atoms with Gasteiger partial charge in [0.1, 0.15) is 0 Å². The maximum absolute atomic E-state index is 12.0. The zero-order valence-corrected chi connectivity index (χ0v) is 13.4. The summed E-state index contributed by atoms with van der Waals surface area (Å²) in [7, 11) is 1.58. The molecule has 0 saturated heterocycles. The molecular formula is C18H21NO3. The van der Waals surface area contributed by atoms with E-state index in [1.54, 1.807) is 13.2 Å². The molecule has 0 aliphatic carbocycles. The topological polar surface area (TPSA) is 47.6 Å². The van der Waals surface area contributed by atoms with E-state index in [1.165, 1.54) is 0 Å². The molecular weight excluding hydrogens is 278 g/mol. The minimum absolute atomic E-state index is 0.0628. The number of amides is 1. The molecule has 2 aromatic carbocycles. The summed E-state index contributed by atoms with van der Waals surface area (Å²) in [5.41, 5.74) is 4.07. The summed E-state index contributed by atoms with van der Waals surface area (Å²) in [5.74, 6) is 0.984. The van der Waals surface area contributed by atoms with Crippen molar-refractivity contribution in [1.29, 1.82) is 0 Å². The summed E-state index contributed by atoms with van der Waals surface area (Å²) in [4.78, 5) is 12.0. The Morgan fingerprint density at radius 3 is 2.36 bits per heavy atom. The highest BCUT2D eigenvalue weighted by molar-refractivity contribution is 5.92. The van der Waals surface area contributed by atoms with Gasteiger partial charge < -0.3 is 14.8 Å². The third-order valence-electron chi connectivity index (χ3n) is 3.33. The maximum atomic E-state index is 12.0. The van der Waals surface area contributed by atoms with Crippen LogP contribution in [-0.4, -0.2) is 19.6 Å². The SMILES string of the molecule is COc1cc(C)ccc1OCC(=O)Nc1ccc(C)cc1C. The Balaban J connectivity index is 1.98. The van der Waals surface area contributed by atoms with Gasteiger partial charge in [0.05, 0.1) is 7.11 Å². The van der Waals surface area contributed by atoms with Gasteiger partial charge in [-0.25, -0.2) is 0 Å². The molecule has 0 radical (unpaired) electrons. The van der Waals surface area contributed by atoms with Crippen LogP contribution in [0.1, 0.15) is 16.7 Å². The van der Waals surface area contributed by atoms with E-state index >= 15 is 0 Å². The molecule has 0 atom stereocenters. The first-order chi connectivity index (χ1) is 10.5. The fraction of sp³-hybridized carbons (Fsp3) is 0.278. The lowest BCUT2D eigenvalue weighted by Gasteiger charge is -2.12. The molecule has 0 unspecified atom stereocenters. The zero-order chi connectivity index (χ0) is 16.1. The van der Waals surface area contributed by atoms with Crippen LogP contribution in [0, 0.1) is 20.8 Å². The minimum Gasteiger partial charge on any atom is -0.493 e. The van der Waals surface area contributed by atoms with Gasteiger partial charge >= 0.3 is 0 Å². The van der Waals surface area contributed by atoms with E-state index in [2.05, 4.69) is 5.32 Å². The summed E-state index contributed by atoms with van der Waals surface area (Å²) in [6.07, 6.45) is 0. The molecule has 1 N–H and O–H groups in total. The van der Waals surface area contributed by atoms with Crippen LogP contribution < -0.4 is 14.8 Å². The fourth-order valence-electron chi connectivity index (χ4n) is 2.18. The van der Waals surface area contributed by atoms with Crippen LogP contribution in [0.15, 0.2) is 36.4 Å². The molecule has 0 aliphatic heterocycles. The van der Waals surface area contributed by atoms with E-state index in [9.17, 15) is 4.79 Å². The van der Waals surface area contributed by atoms with Crippen molar-refractivity contribution >= 4 is 11.6 Å². The molecule has 0 heterocycles. The predicted octanol–water partition coefficient (Wildman–Crippen LogP) is 3.64. The highest BCUT2D eigenvalue weighted by Gasteiger charge is 2.09. The van der Waals surface area contributed by atoms with E-state index < -0.39 is 0 Å². The van der Waals surface area contributed by atoms with Crippen LogP contribution >= 0.6 is 0 Å². The van der Waals surface area contributed by atoms with Crippen molar-refractivity contribution in [3.05, 3.63) is 53.1 Å². The van der Waals surface area contributed by atoms with Crippen LogP contribution in [0.4, 0.5) is 5.69 Å². The first-order valence-corrected chi connectivity index (χ1v) is 7.14. The second kappa shape index (κ2) is 6.98. The van der Waals surface area contributed by atoms with Gasteiger partial charge in [-0.3, -0.25) is 4.79 Å². The van der Waals surface area contributed by atoms with Crippen LogP contribution in [0.5, 0.6) is 11.5 Å². The molecule has 2 rings (SSSR count). The monoisotopic (exact) mass is 299 g/mol. The Morgan fingerprint density at radius 2 is 1.68 bits per heavy atom. The molecule has 0 saturated carbocycles. The number of carbonyl (C=O) groups is 1.